The Morgan fingerprint density at radius 1 is 1.53 bits per heavy atom. The van der Waals surface area contributed by atoms with Crippen molar-refractivity contribution in [2.75, 3.05) is 0 Å². The Hall–Kier alpha value is -1.79. The zero-order valence-corrected chi connectivity index (χ0v) is 7.25. The van der Waals surface area contributed by atoms with E-state index in [0.717, 1.165) is 0 Å². The summed E-state index contributed by atoms with van der Waals surface area (Å²) >= 11 is 0. The molecule has 0 saturated heterocycles. The van der Waals surface area contributed by atoms with Crippen molar-refractivity contribution in [1.82, 2.24) is 4.98 Å². The van der Waals surface area contributed by atoms with Crippen molar-refractivity contribution < 1.29 is 28.2 Å². The summed E-state index contributed by atoms with van der Waals surface area (Å²) in [4.78, 5) is 13.2. The lowest BCUT2D eigenvalue weighted by Crippen LogP contribution is -2.07. The Labute approximate surface area is 82.0 Å². The first-order valence-corrected chi connectivity index (χ1v) is 3.79. The highest BCUT2D eigenvalue weighted by Gasteiger charge is 2.22. The summed E-state index contributed by atoms with van der Waals surface area (Å²) in [5, 5.41) is 17.4. The number of aliphatic carboxylic acids is 1. The van der Waals surface area contributed by atoms with Gasteiger partial charge in [-0.15, -0.1) is 0 Å². The lowest BCUT2D eigenvalue weighted by Gasteiger charge is -2.06. The summed E-state index contributed by atoms with van der Waals surface area (Å²) < 4.78 is 37.5. The van der Waals surface area contributed by atoms with Crippen LogP contribution >= 0.6 is 0 Å². The molecular weight excluding hydrogens is 215 g/mol. The van der Waals surface area contributed by atoms with Crippen molar-refractivity contribution in [1.29, 1.82) is 0 Å². The fraction of sp³-hybridized carbons (Fsp3) is 0.250. The standard InChI is InChI=1S/C8H6F3NO3/c9-6-3(1-5(14)15)4(13)2-12-7(6)8(10)11/h2,8,13H,1H2,(H,14,15). The van der Waals surface area contributed by atoms with E-state index in [9.17, 15) is 18.0 Å². The van der Waals surface area contributed by atoms with E-state index >= 15 is 0 Å². The van der Waals surface area contributed by atoms with Crippen molar-refractivity contribution >= 4 is 5.97 Å². The molecule has 0 fully saturated rings. The van der Waals surface area contributed by atoms with E-state index in [2.05, 4.69) is 4.98 Å². The van der Waals surface area contributed by atoms with Crippen LogP contribution in [0.3, 0.4) is 0 Å². The first-order valence-electron chi connectivity index (χ1n) is 3.79. The van der Waals surface area contributed by atoms with Crippen LogP contribution in [0, 0.1) is 5.82 Å². The van der Waals surface area contributed by atoms with Crippen LogP contribution in [0.25, 0.3) is 0 Å². The first kappa shape index (κ1) is 11.3. The van der Waals surface area contributed by atoms with Crippen molar-refractivity contribution in [2.45, 2.75) is 12.8 Å². The maximum Gasteiger partial charge on any atom is 0.308 e. The molecular formula is C8H6F3NO3. The van der Waals surface area contributed by atoms with E-state index < -0.39 is 41.6 Å². The molecule has 15 heavy (non-hydrogen) atoms. The second-order valence-corrected chi connectivity index (χ2v) is 2.69. The van der Waals surface area contributed by atoms with E-state index in [1.807, 2.05) is 0 Å². The van der Waals surface area contributed by atoms with Gasteiger partial charge < -0.3 is 10.2 Å². The number of rotatable bonds is 3. The molecule has 0 amide bonds. The summed E-state index contributed by atoms with van der Waals surface area (Å²) in [5.74, 6) is -3.66. The molecule has 82 valence electrons. The predicted molar refractivity (Wildman–Crippen MR) is 42.2 cm³/mol. The second kappa shape index (κ2) is 4.16. The molecule has 7 heteroatoms. The molecule has 1 heterocycles. The van der Waals surface area contributed by atoms with Gasteiger partial charge in [0.25, 0.3) is 6.43 Å². The van der Waals surface area contributed by atoms with E-state index in [0.29, 0.717) is 6.20 Å². The number of hydrogen-bond acceptors (Lipinski definition) is 3. The Bertz CT molecular complexity index is 395. The van der Waals surface area contributed by atoms with Gasteiger partial charge in [0.15, 0.2) is 5.82 Å². The molecule has 0 saturated carbocycles. The van der Waals surface area contributed by atoms with Gasteiger partial charge in [-0.2, -0.15) is 0 Å². The zero-order chi connectivity index (χ0) is 11.6. The zero-order valence-electron chi connectivity index (χ0n) is 7.25. The molecule has 0 aliphatic rings. The van der Waals surface area contributed by atoms with Gasteiger partial charge >= 0.3 is 5.97 Å². The average Bonchev–Trinajstić information content (AvgIpc) is 2.11. The SMILES string of the molecule is O=C(O)Cc1c(O)cnc(C(F)F)c1F. The maximum atomic E-state index is 13.2. The minimum atomic E-state index is -3.15. The highest BCUT2D eigenvalue weighted by Crippen LogP contribution is 2.27. The molecule has 0 bridgehead atoms. The lowest BCUT2D eigenvalue weighted by molar-refractivity contribution is -0.136. The van der Waals surface area contributed by atoms with Crippen LogP contribution in [0.4, 0.5) is 13.2 Å². The highest BCUT2D eigenvalue weighted by molar-refractivity contribution is 5.71. The van der Waals surface area contributed by atoms with Gasteiger partial charge in [0.2, 0.25) is 0 Å². The van der Waals surface area contributed by atoms with E-state index in [1.54, 1.807) is 0 Å². The number of alkyl halides is 2. The third-order valence-electron chi connectivity index (χ3n) is 1.66. The Balaban J connectivity index is 3.23. The van der Waals surface area contributed by atoms with E-state index in [4.69, 9.17) is 10.2 Å². The van der Waals surface area contributed by atoms with Gasteiger partial charge in [-0.05, 0) is 0 Å². The topological polar surface area (TPSA) is 70.4 Å². The van der Waals surface area contributed by atoms with Crippen LogP contribution in [0.1, 0.15) is 17.7 Å². The number of carboxylic acid groups (broad SMARTS) is 1. The van der Waals surface area contributed by atoms with E-state index in [1.165, 1.54) is 0 Å². The average molecular weight is 221 g/mol. The number of carbonyl (C=O) groups is 1. The van der Waals surface area contributed by atoms with Crippen molar-refractivity contribution in [3.05, 3.63) is 23.3 Å². The monoisotopic (exact) mass is 221 g/mol. The Kier molecular flexibility index (Phi) is 3.13. The first-order chi connectivity index (χ1) is 6.93. The lowest BCUT2D eigenvalue weighted by atomic mass is 10.1. The largest absolute Gasteiger partial charge is 0.506 e. The number of nitrogens with zero attached hydrogens (tertiary/aromatic N) is 1. The smallest absolute Gasteiger partial charge is 0.308 e. The molecule has 0 aliphatic heterocycles. The normalized spacial score (nSPS) is 10.7. The molecule has 1 aromatic heterocycles. The second-order valence-electron chi connectivity index (χ2n) is 2.69. The molecule has 4 nitrogen and oxygen atoms in total. The Morgan fingerprint density at radius 2 is 2.13 bits per heavy atom. The summed E-state index contributed by atoms with van der Waals surface area (Å²) in [7, 11) is 0. The van der Waals surface area contributed by atoms with Crippen molar-refractivity contribution in [2.24, 2.45) is 0 Å². The van der Waals surface area contributed by atoms with Gasteiger partial charge in [0.1, 0.15) is 11.4 Å². The van der Waals surface area contributed by atoms with Gasteiger partial charge in [0, 0.05) is 5.56 Å². The minimum absolute atomic E-state index is 0.600. The molecule has 1 aromatic rings. The fourth-order valence-electron chi connectivity index (χ4n) is 1.00. The summed E-state index contributed by atoms with van der Waals surface area (Å²) in [6.45, 7) is 0. The Morgan fingerprint density at radius 3 is 2.60 bits per heavy atom. The van der Waals surface area contributed by atoms with Crippen LogP contribution in [0.2, 0.25) is 0 Å². The maximum absolute atomic E-state index is 13.2. The van der Waals surface area contributed by atoms with Gasteiger partial charge in [-0.1, -0.05) is 0 Å². The summed E-state index contributed by atoms with van der Waals surface area (Å²) in [6.07, 6.45) is -3.43. The van der Waals surface area contributed by atoms with Crippen LogP contribution in [-0.2, 0) is 11.2 Å². The number of halogens is 3. The molecule has 0 radical (unpaired) electrons. The molecule has 0 atom stereocenters. The van der Waals surface area contributed by atoms with Crippen molar-refractivity contribution in [3.63, 3.8) is 0 Å². The summed E-state index contributed by atoms with van der Waals surface area (Å²) in [5.41, 5.74) is -1.85. The highest BCUT2D eigenvalue weighted by atomic mass is 19.3. The van der Waals surface area contributed by atoms with Crippen LogP contribution in [0.15, 0.2) is 6.20 Å². The quantitative estimate of drug-likeness (QED) is 0.811. The third kappa shape index (κ3) is 2.36. The molecule has 0 spiro atoms. The fourth-order valence-corrected chi connectivity index (χ4v) is 1.00. The minimum Gasteiger partial charge on any atom is -0.506 e. The number of aromatic hydroxyl groups is 1. The number of carboxylic acids is 1. The van der Waals surface area contributed by atoms with Crippen LogP contribution < -0.4 is 0 Å². The molecule has 0 aliphatic carbocycles. The summed E-state index contributed by atoms with van der Waals surface area (Å²) in [6, 6.07) is 0. The van der Waals surface area contributed by atoms with E-state index in [-0.39, 0.29) is 0 Å². The number of aromatic nitrogens is 1. The molecule has 0 aromatic carbocycles. The number of pyridine rings is 1. The third-order valence-corrected chi connectivity index (χ3v) is 1.66. The molecule has 0 unspecified atom stereocenters. The predicted octanol–water partition coefficient (Wildman–Crippen LogP) is 1.49. The van der Waals surface area contributed by atoms with Gasteiger partial charge in [-0.25, -0.2) is 18.2 Å². The molecule has 1 rings (SSSR count). The van der Waals surface area contributed by atoms with Gasteiger partial charge in [-0.3, -0.25) is 4.79 Å². The molecule has 2 N–H and O–H groups in total. The number of hydrogen-bond donors (Lipinski definition) is 2. The van der Waals surface area contributed by atoms with Crippen molar-refractivity contribution in [3.8, 4) is 5.75 Å². The van der Waals surface area contributed by atoms with Gasteiger partial charge in [0.05, 0.1) is 12.6 Å². The van der Waals surface area contributed by atoms with Crippen LogP contribution in [0.5, 0.6) is 5.75 Å². The van der Waals surface area contributed by atoms with Crippen LogP contribution in [-0.4, -0.2) is 21.2 Å².